The number of hydrogen-bond donors (Lipinski definition) is 0. The summed E-state index contributed by atoms with van der Waals surface area (Å²) in [6, 6.07) is 58.5. The summed E-state index contributed by atoms with van der Waals surface area (Å²) in [5, 5.41) is 3.18. The Kier molecular flexibility index (Phi) is 6.95. The third kappa shape index (κ3) is 4.94. The molecule has 1 aliphatic carbocycles. The minimum atomic E-state index is -0.214. The zero-order chi connectivity index (χ0) is 37.5. The maximum atomic E-state index is 7.17. The topological polar surface area (TPSA) is 66.0 Å². The number of aromatic nitrogens is 4. The molecule has 0 saturated carbocycles. The van der Waals surface area contributed by atoms with Gasteiger partial charge in [-0.25, -0.2) is 15.0 Å². The van der Waals surface area contributed by atoms with E-state index in [1.807, 2.05) is 36.4 Å². The van der Waals surface area contributed by atoms with Crippen LogP contribution >= 0.6 is 0 Å². The zero-order valence-corrected chi connectivity index (χ0v) is 30.6. The van der Waals surface area contributed by atoms with E-state index in [0.29, 0.717) is 17.5 Å². The molecule has 57 heavy (non-hydrogen) atoms. The highest BCUT2D eigenvalue weighted by Crippen LogP contribution is 2.55. The smallest absolute Gasteiger partial charge is 0.167 e. The molecule has 10 aromatic rings. The van der Waals surface area contributed by atoms with Crippen molar-refractivity contribution in [1.29, 1.82) is 0 Å². The molecule has 0 spiro atoms. The predicted molar refractivity (Wildman–Crippen MR) is 227 cm³/mol. The summed E-state index contributed by atoms with van der Waals surface area (Å²) in [7, 11) is 0. The van der Waals surface area contributed by atoms with Crippen LogP contribution in [0.15, 0.2) is 180 Å². The summed E-state index contributed by atoms with van der Waals surface area (Å²) in [6.45, 7) is 0. The first-order valence-corrected chi connectivity index (χ1v) is 19.3. The van der Waals surface area contributed by atoms with Gasteiger partial charge in [0.15, 0.2) is 17.5 Å². The van der Waals surface area contributed by atoms with Crippen molar-refractivity contribution in [3.05, 3.63) is 193 Å². The van der Waals surface area contributed by atoms with Crippen molar-refractivity contribution < 1.29 is 9.15 Å². The van der Waals surface area contributed by atoms with E-state index >= 15 is 0 Å². The van der Waals surface area contributed by atoms with E-state index in [1.165, 1.54) is 10.9 Å². The monoisotopic (exact) mass is 732 g/mol. The van der Waals surface area contributed by atoms with Gasteiger partial charge in [-0.2, -0.15) is 0 Å². The van der Waals surface area contributed by atoms with Crippen LogP contribution < -0.4 is 4.74 Å². The van der Waals surface area contributed by atoms with Crippen LogP contribution in [0.3, 0.4) is 0 Å². The fourth-order valence-corrected chi connectivity index (χ4v) is 8.88. The first-order chi connectivity index (χ1) is 28.3. The number of benzene rings is 7. The fraction of sp³-hybridized carbons (Fsp3) is 0.0392. The van der Waals surface area contributed by atoms with E-state index in [9.17, 15) is 0 Å². The van der Waals surface area contributed by atoms with Crippen molar-refractivity contribution in [2.24, 2.45) is 0 Å². The van der Waals surface area contributed by atoms with E-state index in [4.69, 9.17) is 24.1 Å². The Bertz CT molecular complexity index is 3220. The van der Waals surface area contributed by atoms with Crippen LogP contribution in [-0.2, 0) is 0 Å². The Hall–Kier alpha value is -7.57. The molecule has 0 radical (unpaired) electrons. The summed E-state index contributed by atoms with van der Waals surface area (Å²) in [5.74, 6) is 2.54. The van der Waals surface area contributed by atoms with Gasteiger partial charge in [0.25, 0.3) is 0 Å². The Balaban J connectivity index is 1.03. The summed E-state index contributed by atoms with van der Waals surface area (Å²) < 4.78 is 15.8. The average molecular weight is 733 g/mol. The number of ether oxygens (including phenoxy) is 1. The second-order valence-electron chi connectivity index (χ2n) is 14.7. The summed E-state index contributed by atoms with van der Waals surface area (Å²) in [4.78, 5) is 15.7. The standard InChI is InChI=1S/C51H32N4O2/c1-3-13-31(14-4-1)32-25-27-33(28-26-32)49-52-50(39-20-12-24-44-45(39)38-18-8-10-23-43(38)56-44)54-51(53-49)40-21-11-19-35-36-29-30-42-46(48(36)57-47(35)40)37-17-7-9-22-41(37)55(42)34-15-5-2-6-16-34/h1-30,36,48H. The molecule has 268 valence electrons. The molecule has 0 amide bonds. The van der Waals surface area contributed by atoms with Gasteiger partial charge >= 0.3 is 0 Å². The van der Waals surface area contributed by atoms with Crippen LogP contribution in [0.5, 0.6) is 5.75 Å². The molecular weight excluding hydrogens is 701 g/mol. The highest BCUT2D eigenvalue weighted by Gasteiger charge is 2.41. The van der Waals surface area contributed by atoms with Crippen LogP contribution in [0.25, 0.3) is 89.9 Å². The normalized spacial score (nSPS) is 15.4. The SMILES string of the molecule is C1=CC2c3cccc(-c4nc(-c5ccc(-c6ccccc6)cc5)nc(-c5cccc6oc7ccccc7c56)n4)c3OC2c2c1n(-c1ccccc1)c1ccccc21. The van der Waals surface area contributed by atoms with Gasteiger partial charge in [0.2, 0.25) is 0 Å². The molecule has 0 saturated heterocycles. The van der Waals surface area contributed by atoms with E-state index in [0.717, 1.165) is 78.0 Å². The van der Waals surface area contributed by atoms with Gasteiger partial charge in [0, 0.05) is 50.0 Å². The molecule has 7 aromatic carbocycles. The Morgan fingerprint density at radius 2 is 1.12 bits per heavy atom. The lowest BCUT2D eigenvalue weighted by Gasteiger charge is -2.22. The Morgan fingerprint density at radius 1 is 0.491 bits per heavy atom. The van der Waals surface area contributed by atoms with Crippen molar-refractivity contribution in [1.82, 2.24) is 19.5 Å². The van der Waals surface area contributed by atoms with Gasteiger partial charge < -0.3 is 13.7 Å². The number of fused-ring (bicyclic) bond motifs is 10. The molecule has 2 aliphatic rings. The first-order valence-electron chi connectivity index (χ1n) is 19.3. The Morgan fingerprint density at radius 3 is 1.96 bits per heavy atom. The van der Waals surface area contributed by atoms with Crippen molar-refractivity contribution in [2.45, 2.75) is 12.0 Å². The van der Waals surface area contributed by atoms with E-state index < -0.39 is 0 Å². The number of furan rings is 1. The average Bonchev–Trinajstić information content (AvgIpc) is 3.96. The quantitative estimate of drug-likeness (QED) is 0.176. The van der Waals surface area contributed by atoms with Crippen molar-refractivity contribution in [3.8, 4) is 56.7 Å². The van der Waals surface area contributed by atoms with Gasteiger partial charge in [0.1, 0.15) is 23.0 Å². The highest BCUT2D eigenvalue weighted by atomic mass is 16.5. The van der Waals surface area contributed by atoms with E-state index in [1.54, 1.807) is 0 Å². The van der Waals surface area contributed by atoms with E-state index in [2.05, 4.69) is 150 Å². The predicted octanol–water partition coefficient (Wildman–Crippen LogP) is 12.6. The largest absolute Gasteiger partial charge is 0.484 e. The van der Waals surface area contributed by atoms with Crippen molar-refractivity contribution in [3.63, 3.8) is 0 Å². The van der Waals surface area contributed by atoms with Gasteiger partial charge in [-0.15, -0.1) is 0 Å². The third-order valence-corrected chi connectivity index (χ3v) is 11.5. The molecule has 0 N–H and O–H groups in total. The van der Waals surface area contributed by atoms with Gasteiger partial charge in [-0.05, 0) is 53.6 Å². The van der Waals surface area contributed by atoms with E-state index in [-0.39, 0.29) is 12.0 Å². The van der Waals surface area contributed by atoms with Crippen LogP contribution in [0.2, 0.25) is 0 Å². The molecule has 3 aromatic heterocycles. The molecule has 12 rings (SSSR count). The van der Waals surface area contributed by atoms with Crippen molar-refractivity contribution >= 4 is 38.9 Å². The second-order valence-corrected chi connectivity index (χ2v) is 14.7. The third-order valence-electron chi connectivity index (χ3n) is 11.5. The molecule has 0 fully saturated rings. The molecule has 1 aliphatic heterocycles. The lowest BCUT2D eigenvalue weighted by atomic mass is 9.85. The summed E-state index contributed by atoms with van der Waals surface area (Å²) in [6.07, 6.45) is 4.35. The Labute approximate surface area is 328 Å². The lowest BCUT2D eigenvalue weighted by Crippen LogP contribution is -2.13. The van der Waals surface area contributed by atoms with Crippen LogP contribution in [0, 0.1) is 0 Å². The second kappa shape index (κ2) is 12.5. The van der Waals surface area contributed by atoms with Crippen LogP contribution in [0.4, 0.5) is 0 Å². The maximum Gasteiger partial charge on any atom is 0.167 e. The molecule has 4 heterocycles. The number of para-hydroxylation sites is 4. The summed E-state index contributed by atoms with van der Waals surface area (Å²) >= 11 is 0. The number of rotatable bonds is 5. The summed E-state index contributed by atoms with van der Waals surface area (Å²) in [5.41, 5.74) is 12.2. The van der Waals surface area contributed by atoms with Gasteiger partial charge in [-0.3, -0.25) is 0 Å². The van der Waals surface area contributed by atoms with Gasteiger partial charge in [-0.1, -0.05) is 140 Å². The molecule has 2 unspecified atom stereocenters. The maximum absolute atomic E-state index is 7.17. The minimum absolute atomic E-state index is 0.0276. The molecular formula is C51H32N4O2. The minimum Gasteiger partial charge on any atom is -0.484 e. The molecule has 0 bridgehead atoms. The fourth-order valence-electron chi connectivity index (χ4n) is 8.88. The highest BCUT2D eigenvalue weighted by molar-refractivity contribution is 6.11. The van der Waals surface area contributed by atoms with Gasteiger partial charge in [0.05, 0.1) is 16.8 Å². The molecule has 2 atom stereocenters. The molecule has 6 nitrogen and oxygen atoms in total. The van der Waals surface area contributed by atoms with Crippen molar-refractivity contribution in [2.75, 3.05) is 0 Å². The number of nitrogens with zero attached hydrogens (tertiary/aromatic N) is 4. The molecule has 6 heteroatoms. The zero-order valence-electron chi connectivity index (χ0n) is 30.6. The first kappa shape index (κ1) is 31.7. The van der Waals surface area contributed by atoms with Crippen LogP contribution in [0.1, 0.15) is 28.8 Å². The van der Waals surface area contributed by atoms with Crippen LogP contribution in [-0.4, -0.2) is 19.5 Å². The lowest BCUT2D eigenvalue weighted by molar-refractivity contribution is 0.225. The number of hydrogen-bond acceptors (Lipinski definition) is 5.